The number of rotatable bonds is 4. The van der Waals surface area contributed by atoms with E-state index in [9.17, 15) is 4.79 Å². The maximum Gasteiger partial charge on any atom is 0.412 e. The quantitative estimate of drug-likeness (QED) is 0.812. The number of carbonyl (C=O) groups is 1. The minimum atomic E-state index is -0.423. The van der Waals surface area contributed by atoms with E-state index in [-0.39, 0.29) is 6.04 Å². The van der Waals surface area contributed by atoms with Crippen molar-refractivity contribution in [2.75, 3.05) is 13.1 Å². The van der Waals surface area contributed by atoms with Crippen LogP contribution in [0.5, 0.6) is 5.75 Å². The second-order valence-corrected chi connectivity index (χ2v) is 4.46. The first kappa shape index (κ1) is 13.4. The van der Waals surface area contributed by atoms with Crippen LogP contribution in [-0.4, -0.2) is 19.2 Å². The molecule has 1 atom stereocenters. The number of fused-ring (bicyclic) bond motifs is 1. The smallest absolute Gasteiger partial charge is 0.410 e. The zero-order valence-electron chi connectivity index (χ0n) is 11.0. The summed E-state index contributed by atoms with van der Waals surface area (Å²) in [4.78, 5) is 11.4. The molecule has 2 N–H and O–H groups in total. The van der Waals surface area contributed by atoms with Crippen molar-refractivity contribution in [2.45, 2.75) is 25.8 Å². The molecule has 1 aliphatic rings. The van der Waals surface area contributed by atoms with Crippen LogP contribution in [0, 0.1) is 12.3 Å². The third kappa shape index (κ3) is 3.27. The first-order chi connectivity index (χ1) is 9.24. The Morgan fingerprint density at radius 3 is 3.16 bits per heavy atom. The molecule has 2 rings (SSSR count). The number of aryl methyl sites for hydroxylation is 1. The molecule has 1 amide bonds. The molecule has 100 valence electrons. The highest BCUT2D eigenvalue weighted by molar-refractivity contribution is 5.70. The number of amides is 1. The van der Waals surface area contributed by atoms with Gasteiger partial charge in [-0.25, -0.2) is 4.79 Å². The third-order valence-electron chi connectivity index (χ3n) is 3.18. The molecular weight excluding hydrogens is 240 g/mol. The molecule has 0 aliphatic heterocycles. The summed E-state index contributed by atoms with van der Waals surface area (Å²) in [5.74, 6) is 3.15. The molecule has 0 saturated heterocycles. The van der Waals surface area contributed by atoms with Crippen molar-refractivity contribution in [3.8, 4) is 18.1 Å². The van der Waals surface area contributed by atoms with Crippen LogP contribution in [0.15, 0.2) is 18.2 Å². The Bertz CT molecular complexity index is 505. The standard InChI is InChI=1S/C15H18N2O2/c1-3-9-17-14-8-6-11-5-7-12(10-13(11)14)19-15(18)16-4-2/h1,5,7,10,14,17H,4,6,8-9H2,2H3,(H,16,18)/t14-/m1/s1. The van der Waals surface area contributed by atoms with Gasteiger partial charge in [-0.05, 0) is 43.0 Å². The SMILES string of the molecule is C#CCN[C@@H]1CCc2ccc(OC(=O)NCC)cc21. The van der Waals surface area contributed by atoms with Gasteiger partial charge in [0.05, 0.1) is 6.54 Å². The summed E-state index contributed by atoms with van der Waals surface area (Å²) < 4.78 is 5.21. The summed E-state index contributed by atoms with van der Waals surface area (Å²) in [6.45, 7) is 2.95. The van der Waals surface area contributed by atoms with Gasteiger partial charge in [0, 0.05) is 12.6 Å². The molecule has 0 saturated carbocycles. The highest BCUT2D eigenvalue weighted by atomic mass is 16.5. The van der Waals surface area contributed by atoms with E-state index in [0.29, 0.717) is 18.8 Å². The molecule has 0 unspecified atom stereocenters. The van der Waals surface area contributed by atoms with Crippen molar-refractivity contribution >= 4 is 6.09 Å². The second-order valence-electron chi connectivity index (χ2n) is 4.46. The van der Waals surface area contributed by atoms with Crippen LogP contribution >= 0.6 is 0 Å². The molecular formula is C15H18N2O2. The highest BCUT2D eigenvalue weighted by Crippen LogP contribution is 2.33. The lowest BCUT2D eigenvalue weighted by Gasteiger charge is -2.13. The minimum Gasteiger partial charge on any atom is -0.410 e. The summed E-state index contributed by atoms with van der Waals surface area (Å²) >= 11 is 0. The average molecular weight is 258 g/mol. The summed E-state index contributed by atoms with van der Waals surface area (Å²) in [5, 5.41) is 5.90. The Hall–Kier alpha value is -1.99. The van der Waals surface area contributed by atoms with E-state index in [1.807, 2.05) is 25.1 Å². The van der Waals surface area contributed by atoms with E-state index < -0.39 is 6.09 Å². The van der Waals surface area contributed by atoms with Gasteiger partial charge in [-0.1, -0.05) is 12.0 Å². The van der Waals surface area contributed by atoms with Gasteiger partial charge in [0.2, 0.25) is 0 Å². The third-order valence-corrected chi connectivity index (χ3v) is 3.18. The van der Waals surface area contributed by atoms with Crippen LogP contribution in [0.4, 0.5) is 4.79 Å². The van der Waals surface area contributed by atoms with Crippen molar-refractivity contribution in [1.82, 2.24) is 10.6 Å². The van der Waals surface area contributed by atoms with Crippen LogP contribution in [0.1, 0.15) is 30.5 Å². The lowest BCUT2D eigenvalue weighted by molar-refractivity contribution is 0.201. The molecule has 0 heterocycles. The van der Waals surface area contributed by atoms with Crippen LogP contribution in [0.3, 0.4) is 0 Å². The Labute approximate surface area is 113 Å². The number of carbonyl (C=O) groups excluding carboxylic acids is 1. The fraction of sp³-hybridized carbons (Fsp3) is 0.400. The van der Waals surface area contributed by atoms with Gasteiger partial charge in [0.1, 0.15) is 5.75 Å². The largest absolute Gasteiger partial charge is 0.412 e. The fourth-order valence-corrected chi connectivity index (χ4v) is 2.33. The number of hydrogen-bond donors (Lipinski definition) is 2. The topological polar surface area (TPSA) is 50.4 Å². The van der Waals surface area contributed by atoms with Gasteiger partial charge in [0.25, 0.3) is 0 Å². The highest BCUT2D eigenvalue weighted by Gasteiger charge is 2.22. The first-order valence-electron chi connectivity index (χ1n) is 6.50. The molecule has 1 aromatic carbocycles. The predicted octanol–water partition coefficient (Wildman–Crippen LogP) is 2.00. The minimum absolute atomic E-state index is 0.254. The van der Waals surface area contributed by atoms with Crippen molar-refractivity contribution in [1.29, 1.82) is 0 Å². The number of ether oxygens (including phenoxy) is 1. The number of terminal acetylenes is 1. The summed E-state index contributed by atoms with van der Waals surface area (Å²) in [5.41, 5.74) is 2.47. The molecule has 0 spiro atoms. The molecule has 0 aromatic heterocycles. The molecule has 19 heavy (non-hydrogen) atoms. The Kier molecular flexibility index (Phi) is 4.43. The van der Waals surface area contributed by atoms with Crippen molar-refractivity contribution in [2.24, 2.45) is 0 Å². The van der Waals surface area contributed by atoms with E-state index >= 15 is 0 Å². The fourth-order valence-electron chi connectivity index (χ4n) is 2.33. The van der Waals surface area contributed by atoms with Crippen molar-refractivity contribution in [3.63, 3.8) is 0 Å². The Morgan fingerprint density at radius 2 is 2.42 bits per heavy atom. The van der Waals surface area contributed by atoms with Gasteiger partial charge in [-0.3, -0.25) is 5.32 Å². The number of hydrogen-bond acceptors (Lipinski definition) is 3. The van der Waals surface area contributed by atoms with Crippen LogP contribution in [0.25, 0.3) is 0 Å². The van der Waals surface area contributed by atoms with Gasteiger partial charge in [-0.2, -0.15) is 0 Å². The lowest BCUT2D eigenvalue weighted by Crippen LogP contribution is -2.26. The van der Waals surface area contributed by atoms with Gasteiger partial charge < -0.3 is 10.1 Å². The summed E-state index contributed by atoms with van der Waals surface area (Å²) in [7, 11) is 0. The van der Waals surface area contributed by atoms with E-state index in [2.05, 4.69) is 16.6 Å². The second kappa shape index (κ2) is 6.26. The van der Waals surface area contributed by atoms with Crippen molar-refractivity contribution < 1.29 is 9.53 Å². The predicted molar refractivity (Wildman–Crippen MR) is 74.0 cm³/mol. The zero-order valence-corrected chi connectivity index (χ0v) is 11.0. The van der Waals surface area contributed by atoms with E-state index in [1.165, 1.54) is 11.1 Å². The van der Waals surface area contributed by atoms with E-state index in [1.54, 1.807) is 0 Å². The van der Waals surface area contributed by atoms with Gasteiger partial charge in [-0.15, -0.1) is 6.42 Å². The van der Waals surface area contributed by atoms with E-state index in [0.717, 1.165) is 12.8 Å². The molecule has 0 bridgehead atoms. The Morgan fingerprint density at radius 1 is 1.58 bits per heavy atom. The number of benzene rings is 1. The zero-order chi connectivity index (χ0) is 13.7. The van der Waals surface area contributed by atoms with E-state index in [4.69, 9.17) is 11.2 Å². The average Bonchev–Trinajstić information content (AvgIpc) is 2.79. The maximum atomic E-state index is 11.4. The summed E-state index contributed by atoms with van der Waals surface area (Å²) in [6, 6.07) is 6.02. The Balaban J connectivity index is 2.09. The molecule has 4 heteroatoms. The normalized spacial score (nSPS) is 16.5. The molecule has 0 radical (unpaired) electrons. The van der Waals surface area contributed by atoms with Crippen LogP contribution in [0.2, 0.25) is 0 Å². The molecule has 4 nitrogen and oxygen atoms in total. The lowest BCUT2D eigenvalue weighted by atomic mass is 10.1. The number of nitrogens with one attached hydrogen (secondary N) is 2. The first-order valence-corrected chi connectivity index (χ1v) is 6.50. The van der Waals surface area contributed by atoms with Crippen LogP contribution in [-0.2, 0) is 6.42 Å². The molecule has 1 aromatic rings. The molecule has 1 aliphatic carbocycles. The van der Waals surface area contributed by atoms with Gasteiger partial charge in [0.15, 0.2) is 0 Å². The van der Waals surface area contributed by atoms with Gasteiger partial charge >= 0.3 is 6.09 Å². The maximum absolute atomic E-state index is 11.4. The van der Waals surface area contributed by atoms with Crippen molar-refractivity contribution in [3.05, 3.63) is 29.3 Å². The van der Waals surface area contributed by atoms with Crippen LogP contribution < -0.4 is 15.4 Å². The molecule has 0 fully saturated rings. The monoisotopic (exact) mass is 258 g/mol. The summed E-state index contributed by atoms with van der Waals surface area (Å²) in [6.07, 6.45) is 6.90.